The molecule has 1 amide bonds. The molecule has 23 heavy (non-hydrogen) atoms. The van der Waals surface area contributed by atoms with Gasteiger partial charge < -0.3 is 19.6 Å². The Morgan fingerprint density at radius 1 is 1.52 bits per heavy atom. The molecule has 8 heteroatoms. The van der Waals surface area contributed by atoms with Crippen LogP contribution in [0, 0.1) is 12.8 Å². The van der Waals surface area contributed by atoms with Crippen LogP contribution in [0.25, 0.3) is 11.1 Å². The number of hydrogen-bond donors (Lipinski definition) is 2. The predicted molar refractivity (Wildman–Crippen MR) is 89.1 cm³/mol. The SMILES string of the molecule is Cc1oc2ncn(C)c(=O)c2c1C(=O)NC1CNCCC1C.Cl. The number of aromatic nitrogens is 2. The standard InChI is InChI=1S/C15H20N4O3.ClH/c1-8-4-5-16-6-10(8)18-13(20)11-9(2)22-14-12(11)15(21)19(3)7-17-14;/h7-8,10,16H,4-6H2,1-3H3,(H,18,20);1H. The van der Waals surface area contributed by atoms with Crippen molar-refractivity contribution in [2.45, 2.75) is 26.3 Å². The number of carbonyl (C=O) groups is 1. The van der Waals surface area contributed by atoms with Crippen LogP contribution in [0.3, 0.4) is 0 Å². The van der Waals surface area contributed by atoms with Gasteiger partial charge in [0.15, 0.2) is 0 Å². The van der Waals surface area contributed by atoms with Crippen LogP contribution in [0.2, 0.25) is 0 Å². The highest BCUT2D eigenvalue weighted by atomic mass is 35.5. The smallest absolute Gasteiger partial charge is 0.265 e. The van der Waals surface area contributed by atoms with Crippen molar-refractivity contribution in [1.29, 1.82) is 0 Å². The monoisotopic (exact) mass is 340 g/mol. The molecule has 2 aromatic rings. The van der Waals surface area contributed by atoms with Crippen molar-refractivity contribution < 1.29 is 9.21 Å². The molecule has 2 unspecified atom stereocenters. The second kappa shape index (κ2) is 6.72. The van der Waals surface area contributed by atoms with Gasteiger partial charge in [0, 0.05) is 19.6 Å². The summed E-state index contributed by atoms with van der Waals surface area (Å²) < 4.78 is 6.82. The Morgan fingerprint density at radius 2 is 2.26 bits per heavy atom. The quantitative estimate of drug-likeness (QED) is 0.850. The van der Waals surface area contributed by atoms with Gasteiger partial charge in [0.2, 0.25) is 5.71 Å². The number of aryl methyl sites for hydroxylation is 2. The molecule has 2 atom stereocenters. The molecule has 2 N–H and O–H groups in total. The van der Waals surface area contributed by atoms with Crippen molar-refractivity contribution in [3.8, 4) is 0 Å². The Balaban J connectivity index is 0.00000192. The van der Waals surface area contributed by atoms with Gasteiger partial charge in [-0.3, -0.25) is 9.59 Å². The minimum atomic E-state index is -0.276. The first-order valence-corrected chi connectivity index (χ1v) is 7.45. The summed E-state index contributed by atoms with van der Waals surface area (Å²) >= 11 is 0. The van der Waals surface area contributed by atoms with Crippen LogP contribution in [-0.4, -0.2) is 34.6 Å². The maximum Gasteiger partial charge on any atom is 0.265 e. The lowest BCUT2D eigenvalue weighted by molar-refractivity contribution is 0.0915. The summed E-state index contributed by atoms with van der Waals surface area (Å²) in [4.78, 5) is 29.0. The molecule has 7 nitrogen and oxygen atoms in total. The van der Waals surface area contributed by atoms with E-state index in [9.17, 15) is 9.59 Å². The maximum atomic E-state index is 12.6. The molecule has 0 spiro atoms. The summed E-state index contributed by atoms with van der Waals surface area (Å²) in [7, 11) is 1.60. The lowest BCUT2D eigenvalue weighted by Crippen LogP contribution is -2.50. The van der Waals surface area contributed by atoms with E-state index < -0.39 is 0 Å². The third-order valence-electron chi connectivity index (χ3n) is 4.32. The normalized spacial score (nSPS) is 21.0. The van der Waals surface area contributed by atoms with Gasteiger partial charge in [0.05, 0.1) is 5.56 Å². The van der Waals surface area contributed by atoms with Gasteiger partial charge in [0.25, 0.3) is 11.5 Å². The van der Waals surface area contributed by atoms with Crippen LogP contribution in [0.15, 0.2) is 15.5 Å². The van der Waals surface area contributed by atoms with Gasteiger partial charge in [-0.25, -0.2) is 4.98 Å². The zero-order valence-corrected chi connectivity index (χ0v) is 14.2. The third kappa shape index (κ3) is 3.11. The molecule has 1 aliphatic rings. The number of rotatable bonds is 2. The number of nitrogens with one attached hydrogen (secondary N) is 2. The fraction of sp³-hybridized carbons (Fsp3) is 0.533. The maximum absolute atomic E-state index is 12.6. The number of carbonyl (C=O) groups excluding carboxylic acids is 1. The summed E-state index contributed by atoms with van der Waals surface area (Å²) in [5, 5.41) is 6.53. The average molecular weight is 341 g/mol. The van der Waals surface area contributed by atoms with Gasteiger partial charge in [-0.05, 0) is 25.8 Å². The van der Waals surface area contributed by atoms with Crippen LogP contribution < -0.4 is 16.2 Å². The second-order valence-electron chi connectivity index (χ2n) is 5.92. The molecule has 126 valence electrons. The van der Waals surface area contributed by atoms with Gasteiger partial charge >= 0.3 is 0 Å². The first kappa shape index (κ1) is 17.5. The van der Waals surface area contributed by atoms with E-state index in [0.29, 0.717) is 17.2 Å². The Bertz CT molecular complexity index is 783. The highest BCUT2D eigenvalue weighted by Gasteiger charge is 2.27. The fourth-order valence-electron chi connectivity index (χ4n) is 2.88. The Labute approximate surface area is 139 Å². The Hall–Kier alpha value is -1.86. The summed E-state index contributed by atoms with van der Waals surface area (Å²) in [6.45, 7) is 5.49. The molecule has 1 saturated heterocycles. The predicted octanol–water partition coefficient (Wildman–Crippen LogP) is 0.985. The van der Waals surface area contributed by atoms with Crippen molar-refractivity contribution in [3.05, 3.63) is 28.0 Å². The molecule has 0 radical (unpaired) electrons. The molecule has 1 aliphatic heterocycles. The van der Waals surface area contributed by atoms with E-state index >= 15 is 0 Å². The zero-order chi connectivity index (χ0) is 15.9. The van der Waals surface area contributed by atoms with E-state index in [1.54, 1.807) is 14.0 Å². The largest absolute Gasteiger partial charge is 0.442 e. The molecule has 2 aromatic heterocycles. The van der Waals surface area contributed by atoms with E-state index in [-0.39, 0.29) is 41.0 Å². The van der Waals surface area contributed by atoms with Crippen molar-refractivity contribution in [2.24, 2.45) is 13.0 Å². The number of hydrogen-bond acceptors (Lipinski definition) is 5. The van der Waals surface area contributed by atoms with Crippen molar-refractivity contribution in [3.63, 3.8) is 0 Å². The van der Waals surface area contributed by atoms with Crippen molar-refractivity contribution in [1.82, 2.24) is 20.2 Å². The number of piperidine rings is 1. The average Bonchev–Trinajstić information content (AvgIpc) is 2.82. The topological polar surface area (TPSA) is 89.2 Å². The van der Waals surface area contributed by atoms with Crippen LogP contribution in [0.4, 0.5) is 0 Å². The number of furan rings is 1. The van der Waals surface area contributed by atoms with Crippen LogP contribution in [0.5, 0.6) is 0 Å². The number of amides is 1. The van der Waals surface area contributed by atoms with E-state index in [2.05, 4.69) is 22.5 Å². The molecule has 0 aromatic carbocycles. The molecular formula is C15H21ClN4O3. The molecule has 0 saturated carbocycles. The first-order valence-electron chi connectivity index (χ1n) is 7.45. The lowest BCUT2D eigenvalue weighted by atomic mass is 9.94. The van der Waals surface area contributed by atoms with Crippen molar-refractivity contribution >= 4 is 29.4 Å². The van der Waals surface area contributed by atoms with Crippen LogP contribution >= 0.6 is 12.4 Å². The molecule has 0 aliphatic carbocycles. The minimum absolute atomic E-state index is 0. The van der Waals surface area contributed by atoms with Crippen LogP contribution in [0.1, 0.15) is 29.5 Å². The highest BCUT2D eigenvalue weighted by Crippen LogP contribution is 2.21. The number of nitrogens with zero attached hydrogens (tertiary/aromatic N) is 2. The molecule has 1 fully saturated rings. The van der Waals surface area contributed by atoms with Gasteiger partial charge in [-0.2, -0.15) is 0 Å². The summed E-state index contributed by atoms with van der Waals surface area (Å²) in [5.41, 5.74) is 0.226. The molecule has 3 heterocycles. The van der Waals surface area contributed by atoms with Gasteiger partial charge in [-0.15, -0.1) is 12.4 Å². The molecular weight excluding hydrogens is 320 g/mol. The Kier molecular flexibility index (Phi) is 5.11. The first-order chi connectivity index (χ1) is 10.5. The number of halogens is 1. The van der Waals surface area contributed by atoms with Crippen molar-refractivity contribution in [2.75, 3.05) is 13.1 Å². The fourth-order valence-corrected chi connectivity index (χ4v) is 2.88. The molecule has 0 bridgehead atoms. The van der Waals surface area contributed by atoms with Crippen LogP contribution in [-0.2, 0) is 7.05 Å². The number of fused-ring (bicyclic) bond motifs is 1. The van der Waals surface area contributed by atoms with E-state index in [1.807, 2.05) is 0 Å². The highest BCUT2D eigenvalue weighted by molar-refractivity contribution is 6.06. The zero-order valence-electron chi connectivity index (χ0n) is 13.4. The van der Waals surface area contributed by atoms with Gasteiger partial charge in [-0.1, -0.05) is 6.92 Å². The van der Waals surface area contributed by atoms with E-state index in [0.717, 1.165) is 19.5 Å². The summed E-state index contributed by atoms with van der Waals surface area (Å²) in [6.07, 6.45) is 2.40. The second-order valence-corrected chi connectivity index (χ2v) is 5.92. The lowest BCUT2D eigenvalue weighted by Gasteiger charge is -2.30. The summed E-state index contributed by atoms with van der Waals surface area (Å²) in [5.74, 6) is 0.534. The third-order valence-corrected chi connectivity index (χ3v) is 4.32. The van der Waals surface area contributed by atoms with Gasteiger partial charge in [0.1, 0.15) is 17.5 Å². The van der Waals surface area contributed by atoms with E-state index in [1.165, 1.54) is 10.9 Å². The summed E-state index contributed by atoms with van der Waals surface area (Å²) in [6, 6.07) is 0.0473. The molecule has 3 rings (SSSR count). The Morgan fingerprint density at radius 3 is 2.96 bits per heavy atom. The van der Waals surface area contributed by atoms with E-state index in [4.69, 9.17) is 4.42 Å². The minimum Gasteiger partial charge on any atom is -0.442 e.